The molecule has 0 radical (unpaired) electrons. The molecular formula is C36H44N4O6. The monoisotopic (exact) mass is 628 g/mol. The fraction of sp³-hybridized carbons (Fsp3) is 0.444. The van der Waals surface area contributed by atoms with Crippen molar-refractivity contribution >= 4 is 17.6 Å². The predicted octanol–water partition coefficient (Wildman–Crippen LogP) is 5.37. The van der Waals surface area contributed by atoms with Crippen LogP contribution in [0.15, 0.2) is 84.9 Å². The molecule has 2 aliphatic heterocycles. The lowest BCUT2D eigenvalue weighted by molar-refractivity contribution is -0.385. The summed E-state index contributed by atoms with van der Waals surface area (Å²) in [5, 5.41) is 36.5. The molecule has 0 saturated carbocycles. The summed E-state index contributed by atoms with van der Waals surface area (Å²) in [7, 11) is 0. The Morgan fingerprint density at radius 2 is 1.54 bits per heavy atom. The molecule has 10 nitrogen and oxygen atoms in total. The molecule has 5 rings (SSSR count). The number of piperidine rings is 2. The Hall–Kier alpha value is -4.12. The molecule has 46 heavy (non-hydrogen) atoms. The minimum atomic E-state index is -1.75. The van der Waals surface area contributed by atoms with Gasteiger partial charge in [0, 0.05) is 29.5 Å². The Kier molecular flexibility index (Phi) is 9.62. The molecule has 5 atom stereocenters. The van der Waals surface area contributed by atoms with Crippen LogP contribution in [0.25, 0.3) is 0 Å². The predicted molar refractivity (Wildman–Crippen MR) is 175 cm³/mol. The molecule has 2 heterocycles. The van der Waals surface area contributed by atoms with Crippen LogP contribution in [-0.4, -0.2) is 63.8 Å². The maximum atomic E-state index is 13.5. The second-order valence-electron chi connectivity index (χ2n) is 13.1. The van der Waals surface area contributed by atoms with Crippen molar-refractivity contribution in [3.05, 3.63) is 112 Å². The summed E-state index contributed by atoms with van der Waals surface area (Å²) in [6.07, 6.45) is 1.82. The Balaban J connectivity index is 1.44. The highest BCUT2D eigenvalue weighted by atomic mass is 16.6. The van der Waals surface area contributed by atoms with E-state index in [9.17, 15) is 29.9 Å². The number of hydrogen-bond acceptors (Lipinski definition) is 7. The van der Waals surface area contributed by atoms with Crippen LogP contribution >= 0.6 is 0 Å². The second kappa shape index (κ2) is 13.3. The Morgan fingerprint density at radius 1 is 0.957 bits per heavy atom. The number of rotatable bonds is 11. The van der Waals surface area contributed by atoms with Gasteiger partial charge in [0.2, 0.25) is 0 Å². The van der Waals surface area contributed by atoms with Crippen molar-refractivity contribution in [2.24, 2.45) is 16.6 Å². The number of carboxylic acids is 2. The lowest BCUT2D eigenvalue weighted by atomic mass is 9.51. The van der Waals surface area contributed by atoms with Crippen LogP contribution in [0.1, 0.15) is 68.6 Å². The van der Waals surface area contributed by atoms with Gasteiger partial charge in [0.05, 0.1) is 16.5 Å². The molecular weight excluding hydrogens is 584 g/mol. The average molecular weight is 629 g/mol. The van der Waals surface area contributed by atoms with Gasteiger partial charge in [-0.2, -0.15) is 0 Å². The summed E-state index contributed by atoms with van der Waals surface area (Å²) >= 11 is 0. The summed E-state index contributed by atoms with van der Waals surface area (Å²) < 4.78 is 0. The molecule has 2 aliphatic rings. The van der Waals surface area contributed by atoms with Gasteiger partial charge in [-0.25, -0.2) is 0 Å². The van der Waals surface area contributed by atoms with Gasteiger partial charge in [-0.3, -0.25) is 25.0 Å². The molecule has 3 aromatic rings. The van der Waals surface area contributed by atoms with E-state index in [4.69, 9.17) is 5.73 Å². The number of hydrogen-bond donors (Lipinski definition) is 4. The van der Waals surface area contributed by atoms with Crippen LogP contribution in [0.5, 0.6) is 0 Å². The number of nitro groups is 1. The molecule has 0 bridgehead atoms. The quantitative estimate of drug-likeness (QED) is 0.162. The maximum Gasteiger partial charge on any atom is 0.312 e. The first-order valence-electron chi connectivity index (χ1n) is 16.1. The first-order chi connectivity index (χ1) is 22.0. The number of nitro benzene ring substituents is 1. The van der Waals surface area contributed by atoms with Crippen LogP contribution in [0.2, 0.25) is 0 Å². The van der Waals surface area contributed by atoms with Crippen molar-refractivity contribution in [1.29, 1.82) is 0 Å². The molecule has 3 aromatic carbocycles. The van der Waals surface area contributed by atoms with Crippen molar-refractivity contribution in [2.45, 2.75) is 69.5 Å². The maximum absolute atomic E-state index is 13.5. The molecule has 0 aliphatic carbocycles. The SMILES string of the molecule is CCC1NC(N)C(C)(C(=O)O)C(c2cccc([N+](=O)[O-])c2)C1(CCCN1CCC(c2ccccc2)(c2ccccc2)CC1)C(=O)O. The molecule has 244 valence electrons. The van der Waals surface area contributed by atoms with E-state index in [1.807, 2.05) is 19.1 Å². The number of carbonyl (C=O) groups is 2. The Bertz CT molecular complexity index is 1500. The number of nitrogens with one attached hydrogen (secondary N) is 1. The number of benzene rings is 3. The van der Waals surface area contributed by atoms with E-state index in [1.165, 1.54) is 36.2 Å². The normalized spacial score (nSPS) is 27.9. The van der Waals surface area contributed by atoms with Crippen molar-refractivity contribution < 1.29 is 24.7 Å². The Morgan fingerprint density at radius 3 is 2.04 bits per heavy atom. The largest absolute Gasteiger partial charge is 0.481 e. The number of carboxylic acid groups (broad SMARTS) is 2. The highest BCUT2D eigenvalue weighted by Gasteiger charge is 2.66. The van der Waals surface area contributed by atoms with Crippen LogP contribution in [0.3, 0.4) is 0 Å². The lowest BCUT2D eigenvalue weighted by Crippen LogP contribution is -2.72. The van der Waals surface area contributed by atoms with Crippen LogP contribution in [-0.2, 0) is 15.0 Å². The summed E-state index contributed by atoms with van der Waals surface area (Å²) in [6, 6.07) is 26.2. The third-order valence-electron chi connectivity index (χ3n) is 10.9. The van der Waals surface area contributed by atoms with Gasteiger partial charge in [0.15, 0.2) is 0 Å². The van der Waals surface area contributed by atoms with Gasteiger partial charge in [-0.15, -0.1) is 0 Å². The molecule has 10 heteroatoms. The van der Waals surface area contributed by atoms with E-state index in [0.29, 0.717) is 24.9 Å². The van der Waals surface area contributed by atoms with E-state index in [1.54, 1.807) is 6.07 Å². The summed E-state index contributed by atoms with van der Waals surface area (Å²) in [6.45, 7) is 5.60. The molecule has 0 spiro atoms. The highest BCUT2D eigenvalue weighted by Crippen LogP contribution is 2.57. The van der Waals surface area contributed by atoms with Crippen molar-refractivity contribution in [3.63, 3.8) is 0 Å². The second-order valence-corrected chi connectivity index (χ2v) is 13.1. The standard InChI is InChI=1S/C36H44N4O6/c1-3-29-36(33(43)44,30(34(2,32(41)42)31(37)38-29)25-12-10-17-28(24-25)40(45)46)18-11-21-39-22-19-35(20-23-39,26-13-6-4-7-14-26)27-15-8-5-9-16-27/h4-10,12-17,24,29-31,38H,3,11,18-23,37H2,1-2H3,(H,41,42)(H,43,44). The van der Waals surface area contributed by atoms with Gasteiger partial charge in [0.25, 0.3) is 5.69 Å². The molecule has 5 unspecified atom stereocenters. The number of likely N-dealkylation sites (tertiary alicyclic amines) is 1. The van der Waals surface area contributed by atoms with Crippen molar-refractivity contribution in [3.8, 4) is 0 Å². The van der Waals surface area contributed by atoms with Crippen LogP contribution in [0.4, 0.5) is 5.69 Å². The first-order valence-corrected chi connectivity index (χ1v) is 16.1. The number of nitrogens with two attached hydrogens (primary N) is 1. The smallest absolute Gasteiger partial charge is 0.312 e. The third-order valence-corrected chi connectivity index (χ3v) is 10.9. The number of non-ortho nitro benzene ring substituents is 1. The number of aliphatic carboxylic acids is 2. The zero-order chi connectivity index (χ0) is 33.1. The van der Waals surface area contributed by atoms with E-state index < -0.39 is 45.8 Å². The van der Waals surface area contributed by atoms with E-state index in [-0.39, 0.29) is 17.5 Å². The molecule has 0 amide bonds. The molecule has 2 saturated heterocycles. The summed E-state index contributed by atoms with van der Waals surface area (Å²) in [5.41, 5.74) is 5.66. The fourth-order valence-electron chi connectivity index (χ4n) is 8.36. The fourth-order valence-corrected chi connectivity index (χ4v) is 8.36. The Labute approximate surface area is 269 Å². The summed E-state index contributed by atoms with van der Waals surface area (Å²) in [4.78, 5) is 40.0. The third kappa shape index (κ3) is 5.70. The van der Waals surface area contributed by atoms with Gasteiger partial charge >= 0.3 is 11.9 Å². The first kappa shape index (κ1) is 33.2. The number of nitrogens with zero attached hydrogens (tertiary/aromatic N) is 2. The average Bonchev–Trinajstić information content (AvgIpc) is 3.07. The minimum absolute atomic E-state index is 0.117. The zero-order valence-electron chi connectivity index (χ0n) is 26.5. The van der Waals surface area contributed by atoms with E-state index in [0.717, 1.165) is 25.9 Å². The van der Waals surface area contributed by atoms with Gasteiger partial charge in [0.1, 0.15) is 5.41 Å². The van der Waals surface area contributed by atoms with Crippen molar-refractivity contribution in [2.75, 3.05) is 19.6 Å². The van der Waals surface area contributed by atoms with E-state index >= 15 is 0 Å². The zero-order valence-corrected chi connectivity index (χ0v) is 26.5. The highest BCUT2D eigenvalue weighted by molar-refractivity contribution is 5.84. The van der Waals surface area contributed by atoms with Gasteiger partial charge in [-0.05, 0) is 75.4 Å². The lowest BCUT2D eigenvalue weighted by Gasteiger charge is -2.56. The molecule has 5 N–H and O–H groups in total. The topological polar surface area (TPSA) is 159 Å². The van der Waals surface area contributed by atoms with Gasteiger partial charge < -0.3 is 20.8 Å². The van der Waals surface area contributed by atoms with E-state index in [2.05, 4.69) is 58.7 Å². The minimum Gasteiger partial charge on any atom is -0.481 e. The summed E-state index contributed by atoms with van der Waals surface area (Å²) in [5.74, 6) is -3.51. The van der Waals surface area contributed by atoms with Gasteiger partial charge in [-0.1, -0.05) is 79.7 Å². The molecule has 0 aromatic heterocycles. The van der Waals surface area contributed by atoms with Crippen molar-refractivity contribution in [1.82, 2.24) is 10.2 Å². The van der Waals surface area contributed by atoms with Crippen LogP contribution < -0.4 is 11.1 Å². The van der Waals surface area contributed by atoms with Crippen LogP contribution in [0, 0.1) is 20.9 Å². The molecule has 2 fully saturated rings.